The van der Waals surface area contributed by atoms with Crippen molar-refractivity contribution in [1.29, 1.82) is 0 Å². The second-order valence-corrected chi connectivity index (χ2v) is 5.49. The SMILES string of the molecule is C[C@@H]1CC(=O)O[C@@H](C)[C@H](O)/C=C/C(=O)O[C@H](C)[C@@H](O)/C=C/C(=O)O1. The molecule has 1 aliphatic heterocycles. The average Bonchev–Trinajstić information content (AvgIpc) is 2.48. The van der Waals surface area contributed by atoms with E-state index in [1.54, 1.807) is 0 Å². The quantitative estimate of drug-likeness (QED) is 0.467. The minimum absolute atomic E-state index is 0.193. The zero-order valence-electron chi connectivity index (χ0n) is 13.7. The molecule has 134 valence electrons. The summed E-state index contributed by atoms with van der Waals surface area (Å²) in [6, 6.07) is 0. The third-order valence-corrected chi connectivity index (χ3v) is 3.21. The van der Waals surface area contributed by atoms with Gasteiger partial charge in [0.25, 0.3) is 0 Å². The van der Waals surface area contributed by atoms with E-state index in [4.69, 9.17) is 14.2 Å². The van der Waals surface area contributed by atoms with Crippen LogP contribution in [0.3, 0.4) is 0 Å². The summed E-state index contributed by atoms with van der Waals surface area (Å²) in [5.41, 5.74) is 0. The van der Waals surface area contributed by atoms with Gasteiger partial charge in [-0.1, -0.05) is 0 Å². The molecule has 0 aromatic carbocycles. The summed E-state index contributed by atoms with van der Waals surface area (Å²) in [6.07, 6.45) is -0.961. The Morgan fingerprint density at radius 3 is 1.83 bits per heavy atom. The lowest BCUT2D eigenvalue weighted by Gasteiger charge is -2.19. The predicted molar refractivity (Wildman–Crippen MR) is 81.6 cm³/mol. The number of carbonyl (C=O) groups is 3. The molecular weight excluding hydrogens is 320 g/mol. The highest BCUT2D eigenvalue weighted by Gasteiger charge is 2.21. The first-order chi connectivity index (χ1) is 11.2. The Balaban J connectivity index is 2.91. The summed E-state index contributed by atoms with van der Waals surface area (Å²) in [7, 11) is 0. The highest BCUT2D eigenvalue weighted by Crippen LogP contribution is 2.08. The van der Waals surface area contributed by atoms with Gasteiger partial charge in [0.2, 0.25) is 0 Å². The van der Waals surface area contributed by atoms with E-state index in [1.165, 1.54) is 20.8 Å². The van der Waals surface area contributed by atoms with E-state index in [1.807, 2.05) is 0 Å². The largest absolute Gasteiger partial charge is 0.459 e. The summed E-state index contributed by atoms with van der Waals surface area (Å²) in [4.78, 5) is 34.9. The molecular formula is C16H22O8. The Bertz CT molecular complexity index is 524. The van der Waals surface area contributed by atoms with Crippen molar-refractivity contribution in [2.24, 2.45) is 0 Å². The monoisotopic (exact) mass is 342 g/mol. The molecule has 24 heavy (non-hydrogen) atoms. The van der Waals surface area contributed by atoms with Gasteiger partial charge in [0, 0.05) is 12.2 Å². The second kappa shape index (κ2) is 9.19. The normalized spacial score (nSPS) is 36.2. The maximum absolute atomic E-state index is 11.7. The van der Waals surface area contributed by atoms with Crippen molar-refractivity contribution in [1.82, 2.24) is 0 Å². The zero-order chi connectivity index (χ0) is 18.3. The van der Waals surface area contributed by atoms with Gasteiger partial charge in [0.15, 0.2) is 0 Å². The number of hydrogen-bond donors (Lipinski definition) is 2. The van der Waals surface area contributed by atoms with Crippen LogP contribution in [0.15, 0.2) is 24.3 Å². The zero-order valence-corrected chi connectivity index (χ0v) is 13.7. The van der Waals surface area contributed by atoms with Crippen LogP contribution in [0.4, 0.5) is 0 Å². The van der Waals surface area contributed by atoms with E-state index >= 15 is 0 Å². The molecule has 0 aliphatic carbocycles. The summed E-state index contributed by atoms with van der Waals surface area (Å²) < 4.78 is 14.9. The van der Waals surface area contributed by atoms with E-state index in [0.29, 0.717) is 0 Å². The lowest BCUT2D eigenvalue weighted by Crippen LogP contribution is -2.30. The smallest absolute Gasteiger partial charge is 0.330 e. The molecule has 0 amide bonds. The van der Waals surface area contributed by atoms with Crippen LogP contribution in [-0.4, -0.2) is 58.6 Å². The standard InChI is InChI=1S/C16H22O8/c1-9-8-16(21)24-11(3)13(18)5-7-15(20)23-10(2)12(17)4-6-14(19)22-9/h4-7,9-13,17-18H,8H2,1-3H3/b6-4+,7-5+/t9-,10-,11+,12+,13-/m1/s1. The molecule has 0 aromatic heterocycles. The van der Waals surface area contributed by atoms with Crippen molar-refractivity contribution in [3.05, 3.63) is 24.3 Å². The van der Waals surface area contributed by atoms with Gasteiger partial charge in [0.05, 0.1) is 6.42 Å². The third kappa shape index (κ3) is 6.93. The van der Waals surface area contributed by atoms with E-state index < -0.39 is 48.4 Å². The molecule has 0 spiro atoms. The van der Waals surface area contributed by atoms with Crippen LogP contribution in [0.25, 0.3) is 0 Å². The summed E-state index contributed by atoms with van der Waals surface area (Å²) >= 11 is 0. The minimum atomic E-state index is -1.22. The van der Waals surface area contributed by atoms with Gasteiger partial charge in [-0.3, -0.25) is 4.79 Å². The number of carbonyl (C=O) groups excluding carboxylic acids is 3. The van der Waals surface area contributed by atoms with Crippen molar-refractivity contribution in [3.63, 3.8) is 0 Å². The number of rotatable bonds is 0. The van der Waals surface area contributed by atoms with E-state index in [-0.39, 0.29) is 6.42 Å². The number of aliphatic hydroxyl groups excluding tert-OH is 2. The first kappa shape index (κ1) is 19.9. The van der Waals surface area contributed by atoms with Gasteiger partial charge >= 0.3 is 17.9 Å². The highest BCUT2D eigenvalue weighted by molar-refractivity contribution is 5.83. The molecule has 0 saturated carbocycles. The Hall–Kier alpha value is -2.19. The number of ether oxygens (including phenoxy) is 3. The Labute approximate surface area is 139 Å². The molecule has 1 aliphatic rings. The molecule has 0 bridgehead atoms. The predicted octanol–water partition coefficient (Wildman–Crippen LogP) is 0.0194. The number of aliphatic hydroxyl groups is 2. The van der Waals surface area contributed by atoms with Gasteiger partial charge in [-0.15, -0.1) is 0 Å². The molecule has 8 heteroatoms. The maximum atomic E-state index is 11.7. The second-order valence-electron chi connectivity index (χ2n) is 5.49. The molecule has 1 rings (SSSR count). The summed E-state index contributed by atoms with van der Waals surface area (Å²) in [5.74, 6) is -2.22. The van der Waals surface area contributed by atoms with Crippen LogP contribution in [0.5, 0.6) is 0 Å². The molecule has 1 heterocycles. The molecule has 8 nitrogen and oxygen atoms in total. The van der Waals surface area contributed by atoms with Crippen molar-refractivity contribution in [2.75, 3.05) is 0 Å². The first-order valence-corrected chi connectivity index (χ1v) is 7.52. The molecule has 5 atom stereocenters. The van der Waals surface area contributed by atoms with E-state index in [2.05, 4.69) is 0 Å². The summed E-state index contributed by atoms with van der Waals surface area (Å²) in [5, 5.41) is 19.6. The van der Waals surface area contributed by atoms with Gasteiger partial charge in [-0.25, -0.2) is 9.59 Å². The molecule has 0 aromatic rings. The number of hydrogen-bond acceptors (Lipinski definition) is 8. The minimum Gasteiger partial charge on any atom is -0.459 e. The molecule has 0 radical (unpaired) electrons. The van der Waals surface area contributed by atoms with E-state index in [0.717, 1.165) is 24.3 Å². The van der Waals surface area contributed by atoms with Crippen LogP contribution >= 0.6 is 0 Å². The molecule has 0 unspecified atom stereocenters. The number of cyclic esters (lactones) is 3. The van der Waals surface area contributed by atoms with Gasteiger partial charge in [-0.2, -0.15) is 0 Å². The van der Waals surface area contributed by atoms with Crippen LogP contribution in [0.1, 0.15) is 27.2 Å². The van der Waals surface area contributed by atoms with Crippen LogP contribution in [-0.2, 0) is 28.6 Å². The number of esters is 3. The van der Waals surface area contributed by atoms with Gasteiger partial charge < -0.3 is 24.4 Å². The fraction of sp³-hybridized carbons (Fsp3) is 0.562. The van der Waals surface area contributed by atoms with E-state index in [9.17, 15) is 24.6 Å². The topological polar surface area (TPSA) is 119 Å². The van der Waals surface area contributed by atoms with Gasteiger partial charge in [0.1, 0.15) is 30.5 Å². The van der Waals surface area contributed by atoms with Crippen LogP contribution in [0.2, 0.25) is 0 Å². The third-order valence-electron chi connectivity index (χ3n) is 3.21. The molecule has 0 fully saturated rings. The van der Waals surface area contributed by atoms with Crippen LogP contribution < -0.4 is 0 Å². The van der Waals surface area contributed by atoms with Crippen molar-refractivity contribution >= 4 is 17.9 Å². The average molecular weight is 342 g/mol. The Morgan fingerprint density at radius 2 is 1.29 bits per heavy atom. The maximum Gasteiger partial charge on any atom is 0.330 e. The fourth-order valence-corrected chi connectivity index (χ4v) is 1.80. The first-order valence-electron chi connectivity index (χ1n) is 7.52. The van der Waals surface area contributed by atoms with Crippen molar-refractivity contribution in [2.45, 2.75) is 57.7 Å². The van der Waals surface area contributed by atoms with Crippen LogP contribution in [0, 0.1) is 0 Å². The lowest BCUT2D eigenvalue weighted by atomic mass is 10.2. The lowest BCUT2D eigenvalue weighted by molar-refractivity contribution is -0.157. The summed E-state index contributed by atoms with van der Waals surface area (Å²) in [6.45, 7) is 4.41. The fourth-order valence-electron chi connectivity index (χ4n) is 1.80. The molecule has 2 N–H and O–H groups in total. The van der Waals surface area contributed by atoms with Crippen molar-refractivity contribution < 1.29 is 38.8 Å². The van der Waals surface area contributed by atoms with Crippen molar-refractivity contribution in [3.8, 4) is 0 Å². The van der Waals surface area contributed by atoms with Gasteiger partial charge in [-0.05, 0) is 32.9 Å². The Kier molecular flexibility index (Phi) is 7.60. The molecule has 0 saturated heterocycles. The highest BCUT2D eigenvalue weighted by atomic mass is 16.6. The Morgan fingerprint density at radius 1 is 0.833 bits per heavy atom.